The summed E-state index contributed by atoms with van der Waals surface area (Å²) in [6.45, 7) is 0.446. The average Bonchev–Trinajstić information content (AvgIpc) is 2.90. The van der Waals surface area contributed by atoms with E-state index in [0.29, 0.717) is 18.5 Å². The van der Waals surface area contributed by atoms with E-state index in [1.165, 1.54) is 19.3 Å². The SMILES string of the molecule is O=C(O)C1CC(=O)N(C2CC3CCC2C3)C1. The van der Waals surface area contributed by atoms with Crippen LogP contribution in [0.3, 0.4) is 0 Å². The van der Waals surface area contributed by atoms with E-state index in [4.69, 9.17) is 5.11 Å². The molecule has 0 aromatic heterocycles. The zero-order chi connectivity index (χ0) is 11.3. The molecule has 2 bridgehead atoms. The van der Waals surface area contributed by atoms with Crippen molar-refractivity contribution in [1.29, 1.82) is 0 Å². The molecule has 4 nitrogen and oxygen atoms in total. The highest BCUT2D eigenvalue weighted by Gasteiger charge is 2.47. The number of rotatable bonds is 2. The minimum absolute atomic E-state index is 0.0601. The molecule has 1 amide bonds. The zero-order valence-corrected chi connectivity index (χ0v) is 9.26. The Hall–Kier alpha value is -1.06. The number of aliphatic carboxylic acids is 1. The van der Waals surface area contributed by atoms with Gasteiger partial charge in [0.2, 0.25) is 5.91 Å². The van der Waals surface area contributed by atoms with E-state index in [2.05, 4.69) is 0 Å². The molecule has 0 aromatic rings. The highest BCUT2D eigenvalue weighted by Crippen LogP contribution is 2.47. The third-order valence-electron chi connectivity index (χ3n) is 4.61. The molecule has 1 saturated heterocycles. The van der Waals surface area contributed by atoms with Crippen LogP contribution in [0.2, 0.25) is 0 Å². The Morgan fingerprint density at radius 1 is 1.31 bits per heavy atom. The van der Waals surface area contributed by atoms with Crippen LogP contribution in [0.4, 0.5) is 0 Å². The first-order chi connectivity index (χ1) is 7.65. The van der Waals surface area contributed by atoms with Gasteiger partial charge in [0.05, 0.1) is 5.92 Å². The largest absolute Gasteiger partial charge is 0.481 e. The van der Waals surface area contributed by atoms with Gasteiger partial charge in [0.15, 0.2) is 0 Å². The van der Waals surface area contributed by atoms with Crippen molar-refractivity contribution in [3.8, 4) is 0 Å². The van der Waals surface area contributed by atoms with Crippen LogP contribution >= 0.6 is 0 Å². The van der Waals surface area contributed by atoms with Crippen molar-refractivity contribution in [1.82, 2.24) is 4.90 Å². The second kappa shape index (κ2) is 3.47. The van der Waals surface area contributed by atoms with Gasteiger partial charge in [0.1, 0.15) is 0 Å². The number of likely N-dealkylation sites (tertiary alicyclic amines) is 1. The molecule has 3 rings (SSSR count). The van der Waals surface area contributed by atoms with E-state index in [1.54, 1.807) is 0 Å². The number of carboxylic acid groups (broad SMARTS) is 1. The predicted molar refractivity (Wildman–Crippen MR) is 56.7 cm³/mol. The van der Waals surface area contributed by atoms with Crippen molar-refractivity contribution < 1.29 is 14.7 Å². The fraction of sp³-hybridized carbons (Fsp3) is 0.833. The molecule has 4 atom stereocenters. The van der Waals surface area contributed by atoms with Crippen molar-refractivity contribution >= 4 is 11.9 Å². The minimum Gasteiger partial charge on any atom is -0.481 e. The monoisotopic (exact) mass is 223 g/mol. The summed E-state index contributed by atoms with van der Waals surface area (Å²) in [5.74, 6) is 0.226. The summed E-state index contributed by atoms with van der Waals surface area (Å²) >= 11 is 0. The number of hydrogen-bond donors (Lipinski definition) is 1. The number of carboxylic acids is 1. The fourth-order valence-corrected chi connectivity index (χ4v) is 3.81. The van der Waals surface area contributed by atoms with E-state index < -0.39 is 11.9 Å². The molecule has 4 heteroatoms. The van der Waals surface area contributed by atoms with Gasteiger partial charge in [-0.25, -0.2) is 0 Å². The van der Waals surface area contributed by atoms with E-state index >= 15 is 0 Å². The van der Waals surface area contributed by atoms with Gasteiger partial charge < -0.3 is 10.0 Å². The second-order valence-corrected chi connectivity index (χ2v) is 5.53. The van der Waals surface area contributed by atoms with Gasteiger partial charge in [0, 0.05) is 19.0 Å². The third-order valence-corrected chi connectivity index (χ3v) is 4.61. The molecular weight excluding hydrogens is 206 g/mol. The Morgan fingerprint density at radius 2 is 2.12 bits per heavy atom. The number of carbonyl (C=O) groups is 2. The molecule has 3 fully saturated rings. The van der Waals surface area contributed by atoms with Crippen LogP contribution in [0.1, 0.15) is 32.1 Å². The van der Waals surface area contributed by atoms with Gasteiger partial charge in [-0.05, 0) is 31.1 Å². The number of carbonyl (C=O) groups excluding carboxylic acids is 1. The highest BCUT2D eigenvalue weighted by molar-refractivity contribution is 5.86. The predicted octanol–water partition coefficient (Wildman–Crippen LogP) is 1.11. The van der Waals surface area contributed by atoms with Gasteiger partial charge in [-0.2, -0.15) is 0 Å². The molecule has 0 aromatic carbocycles. The van der Waals surface area contributed by atoms with Crippen molar-refractivity contribution in [3.05, 3.63) is 0 Å². The van der Waals surface area contributed by atoms with Crippen molar-refractivity contribution in [2.45, 2.75) is 38.1 Å². The lowest BCUT2D eigenvalue weighted by Gasteiger charge is -2.31. The Morgan fingerprint density at radius 3 is 2.62 bits per heavy atom. The molecule has 2 aliphatic carbocycles. The van der Waals surface area contributed by atoms with Gasteiger partial charge >= 0.3 is 5.97 Å². The smallest absolute Gasteiger partial charge is 0.308 e. The molecule has 1 N–H and O–H groups in total. The molecule has 1 aliphatic heterocycles. The van der Waals surface area contributed by atoms with Crippen LogP contribution in [0, 0.1) is 17.8 Å². The maximum absolute atomic E-state index is 11.8. The van der Waals surface area contributed by atoms with Crippen LogP contribution in [-0.2, 0) is 9.59 Å². The average molecular weight is 223 g/mol. The van der Waals surface area contributed by atoms with Crippen LogP contribution in [0.15, 0.2) is 0 Å². The lowest BCUT2D eigenvalue weighted by atomic mass is 9.94. The molecule has 88 valence electrons. The topological polar surface area (TPSA) is 57.6 Å². The summed E-state index contributed by atoms with van der Waals surface area (Å²) in [7, 11) is 0. The van der Waals surface area contributed by atoms with E-state index in [1.807, 2.05) is 4.90 Å². The quantitative estimate of drug-likeness (QED) is 0.763. The second-order valence-electron chi connectivity index (χ2n) is 5.53. The Balaban J connectivity index is 1.72. The fourth-order valence-electron chi connectivity index (χ4n) is 3.81. The van der Waals surface area contributed by atoms with Gasteiger partial charge in [0.25, 0.3) is 0 Å². The summed E-state index contributed by atoms with van der Waals surface area (Å²) in [6, 6.07) is 0.357. The lowest BCUT2D eigenvalue weighted by Crippen LogP contribution is -2.40. The van der Waals surface area contributed by atoms with E-state index in [0.717, 1.165) is 12.3 Å². The first-order valence-electron chi connectivity index (χ1n) is 6.17. The summed E-state index contributed by atoms with van der Waals surface area (Å²) in [4.78, 5) is 24.6. The molecule has 1 heterocycles. The van der Waals surface area contributed by atoms with Crippen molar-refractivity contribution in [2.24, 2.45) is 17.8 Å². The molecule has 4 unspecified atom stereocenters. The minimum atomic E-state index is -0.820. The number of fused-ring (bicyclic) bond motifs is 2. The van der Waals surface area contributed by atoms with Crippen molar-refractivity contribution in [2.75, 3.05) is 6.54 Å². The van der Waals surface area contributed by atoms with Crippen LogP contribution in [-0.4, -0.2) is 34.5 Å². The maximum Gasteiger partial charge on any atom is 0.308 e. The zero-order valence-electron chi connectivity index (χ0n) is 9.26. The molecule has 0 radical (unpaired) electrons. The van der Waals surface area contributed by atoms with Gasteiger partial charge in [-0.15, -0.1) is 0 Å². The maximum atomic E-state index is 11.8. The number of amides is 1. The summed E-state index contributed by atoms with van der Waals surface area (Å²) < 4.78 is 0. The van der Waals surface area contributed by atoms with Crippen molar-refractivity contribution in [3.63, 3.8) is 0 Å². The number of hydrogen-bond acceptors (Lipinski definition) is 2. The summed E-state index contributed by atoms with van der Waals surface area (Å²) in [6.07, 6.45) is 5.13. The number of nitrogens with zero attached hydrogens (tertiary/aromatic N) is 1. The Bertz CT molecular complexity index is 341. The van der Waals surface area contributed by atoms with Crippen LogP contribution in [0.5, 0.6) is 0 Å². The first-order valence-corrected chi connectivity index (χ1v) is 6.17. The van der Waals surface area contributed by atoms with E-state index in [-0.39, 0.29) is 12.3 Å². The third kappa shape index (κ3) is 1.43. The van der Waals surface area contributed by atoms with Crippen LogP contribution < -0.4 is 0 Å². The van der Waals surface area contributed by atoms with E-state index in [9.17, 15) is 9.59 Å². The summed E-state index contributed by atoms with van der Waals surface area (Å²) in [5.41, 5.74) is 0. The standard InChI is InChI=1S/C12H17NO3/c14-11-5-9(12(15)16)6-13(11)10-4-7-1-2-8(10)3-7/h7-10H,1-6H2,(H,15,16). The normalized spacial score (nSPS) is 42.0. The molecule has 0 spiro atoms. The molecule has 3 aliphatic rings. The first kappa shape index (κ1) is 10.1. The molecule has 2 saturated carbocycles. The summed E-state index contributed by atoms with van der Waals surface area (Å²) in [5, 5.41) is 8.94. The lowest BCUT2D eigenvalue weighted by molar-refractivity contribution is -0.141. The Kier molecular flexibility index (Phi) is 2.19. The Labute approximate surface area is 94.6 Å². The highest BCUT2D eigenvalue weighted by atomic mass is 16.4. The van der Waals surface area contributed by atoms with Gasteiger partial charge in [-0.3, -0.25) is 9.59 Å². The molecule has 16 heavy (non-hydrogen) atoms. The molecular formula is C12H17NO3. The van der Waals surface area contributed by atoms with Crippen LogP contribution in [0.25, 0.3) is 0 Å². The van der Waals surface area contributed by atoms with Gasteiger partial charge in [-0.1, -0.05) is 6.42 Å².